The number of benzene rings is 2. The molecule has 0 bridgehead atoms. The SMILES string of the molecule is COc1ccc(CN(C)[C@H](C)C(=O)Nc2cc(Cl)cc(Cl)c2)cc1OC. The summed E-state index contributed by atoms with van der Waals surface area (Å²) in [4.78, 5) is 14.4. The zero-order valence-electron chi connectivity index (χ0n) is 15.2. The van der Waals surface area contributed by atoms with Crippen molar-refractivity contribution in [2.24, 2.45) is 0 Å². The van der Waals surface area contributed by atoms with E-state index in [1.165, 1.54) is 0 Å². The van der Waals surface area contributed by atoms with E-state index in [9.17, 15) is 4.79 Å². The highest BCUT2D eigenvalue weighted by Crippen LogP contribution is 2.28. The molecule has 2 rings (SSSR count). The minimum atomic E-state index is -0.360. The van der Waals surface area contributed by atoms with Gasteiger partial charge in [-0.1, -0.05) is 29.3 Å². The summed E-state index contributed by atoms with van der Waals surface area (Å²) < 4.78 is 10.6. The van der Waals surface area contributed by atoms with Gasteiger partial charge in [-0.2, -0.15) is 0 Å². The van der Waals surface area contributed by atoms with Crippen molar-refractivity contribution in [3.05, 3.63) is 52.0 Å². The van der Waals surface area contributed by atoms with Gasteiger partial charge >= 0.3 is 0 Å². The van der Waals surface area contributed by atoms with Gasteiger partial charge < -0.3 is 14.8 Å². The molecule has 1 N–H and O–H groups in total. The van der Waals surface area contributed by atoms with Crippen LogP contribution in [0.15, 0.2) is 36.4 Å². The van der Waals surface area contributed by atoms with E-state index in [1.54, 1.807) is 32.4 Å². The zero-order chi connectivity index (χ0) is 19.3. The van der Waals surface area contributed by atoms with E-state index in [4.69, 9.17) is 32.7 Å². The Bertz CT molecular complexity index is 763. The molecule has 5 nitrogen and oxygen atoms in total. The van der Waals surface area contributed by atoms with Gasteiger partial charge in [-0.25, -0.2) is 0 Å². The number of ether oxygens (including phenoxy) is 2. The van der Waals surface area contributed by atoms with Crippen LogP contribution in [0.1, 0.15) is 12.5 Å². The van der Waals surface area contributed by atoms with Crippen LogP contribution in [0, 0.1) is 0 Å². The highest BCUT2D eigenvalue weighted by molar-refractivity contribution is 6.35. The molecular formula is C19H22Cl2N2O3. The van der Waals surface area contributed by atoms with E-state index in [-0.39, 0.29) is 11.9 Å². The van der Waals surface area contributed by atoms with E-state index in [0.717, 1.165) is 5.56 Å². The molecule has 7 heteroatoms. The molecule has 0 fully saturated rings. The van der Waals surface area contributed by atoms with Crippen molar-refractivity contribution in [2.75, 3.05) is 26.6 Å². The Labute approximate surface area is 163 Å². The Balaban J connectivity index is 2.04. The van der Waals surface area contributed by atoms with Crippen LogP contribution in [0.5, 0.6) is 11.5 Å². The molecule has 0 aromatic heterocycles. The van der Waals surface area contributed by atoms with Gasteiger partial charge in [0.2, 0.25) is 5.91 Å². The van der Waals surface area contributed by atoms with Gasteiger partial charge in [0.25, 0.3) is 0 Å². The number of hydrogen-bond donors (Lipinski definition) is 1. The summed E-state index contributed by atoms with van der Waals surface area (Å²) in [6.07, 6.45) is 0. The largest absolute Gasteiger partial charge is 0.493 e. The fourth-order valence-corrected chi connectivity index (χ4v) is 3.00. The molecule has 0 aliphatic heterocycles. The highest BCUT2D eigenvalue weighted by Gasteiger charge is 2.19. The second-order valence-electron chi connectivity index (χ2n) is 5.93. The number of hydrogen-bond acceptors (Lipinski definition) is 4. The third-order valence-electron chi connectivity index (χ3n) is 4.05. The van der Waals surface area contributed by atoms with Crippen molar-refractivity contribution in [1.82, 2.24) is 4.90 Å². The van der Waals surface area contributed by atoms with Crippen LogP contribution in [-0.4, -0.2) is 38.1 Å². The summed E-state index contributed by atoms with van der Waals surface area (Å²) in [6.45, 7) is 2.41. The van der Waals surface area contributed by atoms with Crippen LogP contribution in [-0.2, 0) is 11.3 Å². The first-order valence-electron chi connectivity index (χ1n) is 8.02. The Kier molecular flexibility index (Phi) is 7.14. The van der Waals surface area contributed by atoms with Crippen molar-refractivity contribution in [2.45, 2.75) is 19.5 Å². The van der Waals surface area contributed by atoms with E-state index in [1.807, 2.05) is 37.1 Å². The molecule has 0 aliphatic carbocycles. The summed E-state index contributed by atoms with van der Waals surface area (Å²) >= 11 is 11.9. The first-order chi connectivity index (χ1) is 12.3. The van der Waals surface area contributed by atoms with Crippen molar-refractivity contribution in [3.8, 4) is 11.5 Å². The Morgan fingerprint density at radius 3 is 2.27 bits per heavy atom. The molecule has 1 atom stereocenters. The number of carbonyl (C=O) groups excluding carboxylic acids is 1. The maximum Gasteiger partial charge on any atom is 0.241 e. The second kappa shape index (κ2) is 9.12. The number of methoxy groups -OCH3 is 2. The van der Waals surface area contributed by atoms with Crippen molar-refractivity contribution in [3.63, 3.8) is 0 Å². The van der Waals surface area contributed by atoms with Gasteiger partial charge in [-0.3, -0.25) is 9.69 Å². The standard InChI is InChI=1S/C19H22Cl2N2O3/c1-12(19(24)22-16-9-14(20)8-15(21)10-16)23(2)11-13-5-6-17(25-3)18(7-13)26-4/h5-10,12H,11H2,1-4H3,(H,22,24)/t12-/m1/s1. The van der Waals surface area contributed by atoms with Gasteiger partial charge in [-0.05, 0) is 49.9 Å². The summed E-state index contributed by atoms with van der Waals surface area (Å²) in [5.74, 6) is 1.18. The average Bonchev–Trinajstić information content (AvgIpc) is 2.59. The smallest absolute Gasteiger partial charge is 0.241 e. The van der Waals surface area contributed by atoms with Gasteiger partial charge in [-0.15, -0.1) is 0 Å². The molecule has 0 radical (unpaired) electrons. The van der Waals surface area contributed by atoms with Crippen molar-refractivity contribution in [1.29, 1.82) is 0 Å². The van der Waals surface area contributed by atoms with Crippen LogP contribution in [0.3, 0.4) is 0 Å². The maximum atomic E-state index is 12.5. The van der Waals surface area contributed by atoms with E-state index in [0.29, 0.717) is 33.8 Å². The first kappa shape index (κ1) is 20.4. The Morgan fingerprint density at radius 2 is 1.69 bits per heavy atom. The number of carbonyl (C=O) groups is 1. The summed E-state index contributed by atoms with van der Waals surface area (Å²) in [7, 11) is 5.07. The number of anilines is 1. The Morgan fingerprint density at radius 1 is 1.08 bits per heavy atom. The maximum absolute atomic E-state index is 12.5. The Hall–Kier alpha value is -1.95. The minimum absolute atomic E-state index is 0.147. The fourth-order valence-electron chi connectivity index (χ4n) is 2.48. The van der Waals surface area contributed by atoms with Crippen LogP contribution >= 0.6 is 23.2 Å². The number of nitrogens with one attached hydrogen (secondary N) is 1. The lowest BCUT2D eigenvalue weighted by Gasteiger charge is -2.24. The average molecular weight is 397 g/mol. The third-order valence-corrected chi connectivity index (χ3v) is 4.49. The molecule has 0 saturated heterocycles. The molecule has 26 heavy (non-hydrogen) atoms. The molecule has 1 amide bonds. The predicted octanol–water partition coefficient (Wildman–Crippen LogP) is 4.47. The third kappa shape index (κ3) is 5.27. The van der Waals surface area contributed by atoms with E-state index < -0.39 is 0 Å². The first-order valence-corrected chi connectivity index (χ1v) is 8.77. The quantitative estimate of drug-likeness (QED) is 0.749. The summed E-state index contributed by atoms with van der Waals surface area (Å²) in [5, 5.41) is 3.78. The monoisotopic (exact) mass is 396 g/mol. The lowest BCUT2D eigenvalue weighted by Crippen LogP contribution is -2.39. The molecular weight excluding hydrogens is 375 g/mol. The van der Waals surface area contributed by atoms with Crippen molar-refractivity contribution < 1.29 is 14.3 Å². The minimum Gasteiger partial charge on any atom is -0.493 e. The topological polar surface area (TPSA) is 50.8 Å². The molecule has 0 unspecified atom stereocenters. The van der Waals surface area contributed by atoms with Gasteiger partial charge in [0, 0.05) is 22.3 Å². The second-order valence-corrected chi connectivity index (χ2v) is 6.80. The van der Waals surface area contributed by atoms with E-state index >= 15 is 0 Å². The zero-order valence-corrected chi connectivity index (χ0v) is 16.7. The van der Waals surface area contributed by atoms with Crippen LogP contribution in [0.2, 0.25) is 10.0 Å². The molecule has 0 saturated carbocycles. The molecule has 2 aromatic carbocycles. The number of likely N-dealkylation sites (N-methyl/N-ethyl adjacent to an activating group) is 1. The predicted molar refractivity (Wildman–Crippen MR) is 106 cm³/mol. The van der Waals surface area contributed by atoms with Crippen LogP contribution in [0.4, 0.5) is 5.69 Å². The number of halogens is 2. The van der Waals surface area contributed by atoms with Gasteiger partial charge in [0.1, 0.15) is 0 Å². The van der Waals surface area contributed by atoms with Gasteiger partial charge in [0.15, 0.2) is 11.5 Å². The lowest BCUT2D eigenvalue weighted by atomic mass is 10.1. The fraction of sp³-hybridized carbons (Fsp3) is 0.316. The number of rotatable bonds is 7. The molecule has 2 aromatic rings. The number of nitrogens with zero attached hydrogens (tertiary/aromatic N) is 1. The molecule has 0 aliphatic rings. The van der Waals surface area contributed by atoms with Crippen LogP contribution in [0.25, 0.3) is 0 Å². The van der Waals surface area contributed by atoms with Crippen molar-refractivity contribution >= 4 is 34.8 Å². The summed E-state index contributed by atoms with van der Waals surface area (Å²) in [5.41, 5.74) is 1.58. The van der Waals surface area contributed by atoms with Crippen LogP contribution < -0.4 is 14.8 Å². The highest BCUT2D eigenvalue weighted by atomic mass is 35.5. The van der Waals surface area contributed by atoms with E-state index in [2.05, 4.69) is 5.32 Å². The molecule has 0 heterocycles. The molecule has 140 valence electrons. The lowest BCUT2D eigenvalue weighted by molar-refractivity contribution is -0.120. The normalized spacial score (nSPS) is 12.0. The number of amides is 1. The van der Waals surface area contributed by atoms with Gasteiger partial charge in [0.05, 0.1) is 20.3 Å². The summed E-state index contributed by atoms with van der Waals surface area (Å²) in [6, 6.07) is 10.3. The molecule has 0 spiro atoms.